The van der Waals surface area contributed by atoms with Gasteiger partial charge < -0.3 is 0 Å². The van der Waals surface area contributed by atoms with Gasteiger partial charge in [0.05, 0.1) is 5.69 Å². The molecule has 138 valence electrons. The molecule has 3 heterocycles. The lowest BCUT2D eigenvalue weighted by molar-refractivity contribution is 0.831. The summed E-state index contributed by atoms with van der Waals surface area (Å²) < 4.78 is 5.10. The SMILES string of the molecule is Cc1ccc(-n2c(-c3ccccc3)cn3c4c(=O)[nH]c(=O)n(C)c4nc23)cc1. The van der Waals surface area contributed by atoms with Crippen LogP contribution in [-0.2, 0) is 7.05 Å². The molecule has 1 N–H and O–H groups in total. The fraction of sp³-hybridized carbons (Fsp3) is 0.0952. The second-order valence-electron chi connectivity index (χ2n) is 6.82. The van der Waals surface area contributed by atoms with Crippen molar-refractivity contribution in [3.8, 4) is 16.9 Å². The molecule has 0 fully saturated rings. The third-order valence-corrected chi connectivity index (χ3v) is 4.99. The van der Waals surface area contributed by atoms with E-state index in [1.807, 2.05) is 72.3 Å². The van der Waals surface area contributed by atoms with Crippen molar-refractivity contribution in [3.63, 3.8) is 0 Å². The minimum absolute atomic E-state index is 0.347. The predicted octanol–water partition coefficient (Wildman–Crippen LogP) is 2.64. The molecular formula is C21H17N5O2. The van der Waals surface area contributed by atoms with Gasteiger partial charge in [0.25, 0.3) is 5.56 Å². The topological polar surface area (TPSA) is 77.1 Å². The molecule has 0 radical (unpaired) electrons. The predicted molar refractivity (Wildman–Crippen MR) is 108 cm³/mol. The van der Waals surface area contributed by atoms with Crippen LogP contribution in [0.4, 0.5) is 0 Å². The smallest absolute Gasteiger partial charge is 0.279 e. The zero-order chi connectivity index (χ0) is 19.4. The molecule has 0 unspecified atom stereocenters. The van der Waals surface area contributed by atoms with Gasteiger partial charge in [0.15, 0.2) is 11.2 Å². The number of aromatic amines is 1. The summed E-state index contributed by atoms with van der Waals surface area (Å²) in [6, 6.07) is 18.0. The largest absolute Gasteiger partial charge is 0.329 e. The van der Waals surface area contributed by atoms with Crippen LogP contribution in [0, 0.1) is 6.92 Å². The van der Waals surface area contributed by atoms with Gasteiger partial charge in [0.2, 0.25) is 5.78 Å². The van der Waals surface area contributed by atoms with Crippen molar-refractivity contribution in [2.75, 3.05) is 0 Å². The highest BCUT2D eigenvalue weighted by atomic mass is 16.2. The summed E-state index contributed by atoms with van der Waals surface area (Å²) in [4.78, 5) is 31.5. The van der Waals surface area contributed by atoms with E-state index in [0.717, 1.165) is 22.5 Å². The van der Waals surface area contributed by atoms with Crippen molar-refractivity contribution < 1.29 is 0 Å². The number of rotatable bonds is 2. The van der Waals surface area contributed by atoms with Gasteiger partial charge in [-0.05, 0) is 19.1 Å². The van der Waals surface area contributed by atoms with Crippen molar-refractivity contribution >= 4 is 16.9 Å². The number of benzene rings is 2. The maximum absolute atomic E-state index is 12.5. The van der Waals surface area contributed by atoms with Gasteiger partial charge in [-0.2, -0.15) is 4.98 Å². The monoisotopic (exact) mass is 371 g/mol. The van der Waals surface area contributed by atoms with Gasteiger partial charge >= 0.3 is 5.69 Å². The Morgan fingerprint density at radius 1 is 0.964 bits per heavy atom. The fourth-order valence-electron chi connectivity index (χ4n) is 3.52. The molecule has 0 aliphatic rings. The summed E-state index contributed by atoms with van der Waals surface area (Å²) in [6.45, 7) is 2.03. The lowest BCUT2D eigenvalue weighted by Gasteiger charge is -2.09. The molecule has 0 saturated heterocycles. The van der Waals surface area contributed by atoms with E-state index >= 15 is 0 Å². The summed E-state index contributed by atoms with van der Waals surface area (Å²) in [5, 5.41) is 0. The van der Waals surface area contributed by atoms with Gasteiger partial charge in [-0.3, -0.25) is 23.3 Å². The highest BCUT2D eigenvalue weighted by Gasteiger charge is 2.20. The Morgan fingerprint density at radius 2 is 1.68 bits per heavy atom. The van der Waals surface area contributed by atoms with Crippen LogP contribution in [0.1, 0.15) is 5.56 Å². The molecule has 28 heavy (non-hydrogen) atoms. The number of aryl methyl sites for hydroxylation is 2. The molecule has 7 heteroatoms. The van der Waals surface area contributed by atoms with Crippen LogP contribution < -0.4 is 11.2 Å². The average molecular weight is 371 g/mol. The van der Waals surface area contributed by atoms with Gasteiger partial charge in [0.1, 0.15) is 0 Å². The van der Waals surface area contributed by atoms with Crippen LogP contribution in [0.2, 0.25) is 0 Å². The van der Waals surface area contributed by atoms with Crippen LogP contribution in [0.5, 0.6) is 0 Å². The number of imidazole rings is 2. The summed E-state index contributed by atoms with van der Waals surface area (Å²) in [5.74, 6) is 0.574. The van der Waals surface area contributed by atoms with Crippen molar-refractivity contribution in [3.05, 3.63) is 87.2 Å². The molecule has 0 amide bonds. The Balaban J connectivity index is 1.96. The van der Waals surface area contributed by atoms with E-state index in [9.17, 15) is 9.59 Å². The Bertz CT molecular complexity index is 1450. The third-order valence-electron chi connectivity index (χ3n) is 4.99. The number of hydrogen-bond donors (Lipinski definition) is 1. The first-order valence-corrected chi connectivity index (χ1v) is 8.90. The summed E-state index contributed by atoms with van der Waals surface area (Å²) in [6.07, 6.45) is 1.89. The molecule has 5 rings (SSSR count). The van der Waals surface area contributed by atoms with E-state index in [2.05, 4.69) is 9.97 Å². The Labute approximate surface area is 159 Å². The third kappa shape index (κ3) is 2.26. The van der Waals surface area contributed by atoms with E-state index in [-0.39, 0.29) is 0 Å². The van der Waals surface area contributed by atoms with Crippen LogP contribution in [0.15, 0.2) is 70.4 Å². The van der Waals surface area contributed by atoms with Gasteiger partial charge in [-0.1, -0.05) is 48.0 Å². The first kappa shape index (κ1) is 16.3. The standard InChI is InChI=1S/C21H17N5O2/c1-13-8-10-15(11-9-13)26-16(14-6-4-3-5-7-14)12-25-17-18(22-20(25)26)24(2)21(28)23-19(17)27/h3-12H,1-2H3,(H,23,27,28). The summed E-state index contributed by atoms with van der Waals surface area (Å²) >= 11 is 0. The molecule has 0 saturated carbocycles. The number of nitrogens with zero attached hydrogens (tertiary/aromatic N) is 4. The molecule has 0 atom stereocenters. The molecule has 0 aliphatic heterocycles. The van der Waals surface area contributed by atoms with Crippen LogP contribution in [0.25, 0.3) is 33.9 Å². The van der Waals surface area contributed by atoms with Crippen LogP contribution in [-0.4, -0.2) is 23.5 Å². The lowest BCUT2D eigenvalue weighted by Crippen LogP contribution is -2.28. The average Bonchev–Trinajstić information content (AvgIpc) is 3.24. The molecule has 0 bridgehead atoms. The number of H-pyrrole nitrogens is 1. The van der Waals surface area contributed by atoms with Crippen molar-refractivity contribution in [2.45, 2.75) is 6.92 Å². The minimum Gasteiger partial charge on any atom is -0.279 e. The first-order valence-electron chi connectivity index (χ1n) is 8.90. The molecule has 0 spiro atoms. The molecule has 2 aromatic carbocycles. The number of nitrogens with one attached hydrogen (secondary N) is 1. The molecule has 5 aromatic rings. The molecule has 7 nitrogen and oxygen atoms in total. The van der Waals surface area contributed by atoms with Gasteiger partial charge in [-0.25, -0.2) is 4.79 Å². The van der Waals surface area contributed by atoms with Crippen molar-refractivity contribution in [1.29, 1.82) is 0 Å². The second kappa shape index (κ2) is 5.82. The van der Waals surface area contributed by atoms with Gasteiger partial charge in [-0.15, -0.1) is 0 Å². The van der Waals surface area contributed by atoms with Crippen LogP contribution in [0.3, 0.4) is 0 Å². The Kier molecular flexibility index (Phi) is 3.39. The number of hydrogen-bond acceptors (Lipinski definition) is 3. The summed E-state index contributed by atoms with van der Waals surface area (Å²) in [7, 11) is 1.60. The lowest BCUT2D eigenvalue weighted by atomic mass is 10.1. The van der Waals surface area contributed by atoms with Gasteiger partial charge in [0, 0.05) is 24.5 Å². The normalized spacial score (nSPS) is 11.5. The zero-order valence-corrected chi connectivity index (χ0v) is 15.4. The van der Waals surface area contributed by atoms with E-state index in [4.69, 9.17) is 0 Å². The highest BCUT2D eigenvalue weighted by molar-refractivity contribution is 5.79. The Hall–Kier alpha value is -3.87. The fourth-order valence-corrected chi connectivity index (χ4v) is 3.52. The van der Waals surface area contributed by atoms with Crippen LogP contribution >= 0.6 is 0 Å². The Morgan fingerprint density at radius 3 is 2.39 bits per heavy atom. The van der Waals surface area contributed by atoms with Crippen molar-refractivity contribution in [1.82, 2.24) is 23.5 Å². The maximum Gasteiger partial charge on any atom is 0.329 e. The van der Waals surface area contributed by atoms with E-state index < -0.39 is 11.2 Å². The number of fused-ring (bicyclic) bond motifs is 3. The molecule has 3 aromatic heterocycles. The van der Waals surface area contributed by atoms with E-state index in [1.54, 1.807) is 11.4 Å². The molecule has 0 aliphatic carbocycles. The number of aromatic nitrogens is 5. The highest BCUT2D eigenvalue weighted by Crippen LogP contribution is 2.28. The van der Waals surface area contributed by atoms with E-state index in [0.29, 0.717) is 16.9 Å². The summed E-state index contributed by atoms with van der Waals surface area (Å²) in [5.41, 5.74) is 3.75. The first-order chi connectivity index (χ1) is 13.5. The minimum atomic E-state index is -0.483. The second-order valence-corrected chi connectivity index (χ2v) is 6.82. The van der Waals surface area contributed by atoms with E-state index in [1.165, 1.54) is 4.57 Å². The van der Waals surface area contributed by atoms with Crippen molar-refractivity contribution in [2.24, 2.45) is 7.05 Å². The zero-order valence-electron chi connectivity index (χ0n) is 15.4. The molecular weight excluding hydrogens is 354 g/mol. The quantitative estimate of drug-likeness (QED) is 0.518. The maximum atomic E-state index is 12.5.